The number of benzene rings is 1. The molecule has 0 aliphatic carbocycles. The molecule has 3 aromatic rings. The molecule has 0 radical (unpaired) electrons. The van der Waals surface area contributed by atoms with Crippen LogP contribution < -0.4 is 0 Å². The van der Waals surface area contributed by atoms with Crippen LogP contribution in [0.25, 0.3) is 21.8 Å². The van der Waals surface area contributed by atoms with Gasteiger partial charge in [-0.15, -0.1) is 0 Å². The fraction of sp³-hybridized carbons (Fsp3) is 0. The van der Waals surface area contributed by atoms with Gasteiger partial charge in [-0.05, 0) is 12.1 Å². The predicted molar refractivity (Wildman–Crippen MR) is 57.0 cm³/mol. The first-order valence-electron chi connectivity index (χ1n) is 4.53. The zero-order chi connectivity index (χ0) is 9.38. The van der Waals surface area contributed by atoms with E-state index in [0.717, 1.165) is 21.8 Å². The molecule has 0 saturated carbocycles. The van der Waals surface area contributed by atoms with E-state index in [2.05, 4.69) is 34.2 Å². The van der Waals surface area contributed by atoms with Gasteiger partial charge in [-0.2, -0.15) is 0 Å². The van der Waals surface area contributed by atoms with Gasteiger partial charge in [-0.1, -0.05) is 24.3 Å². The van der Waals surface area contributed by atoms with Gasteiger partial charge in [-0.3, -0.25) is 9.97 Å². The van der Waals surface area contributed by atoms with E-state index in [0.29, 0.717) is 0 Å². The van der Waals surface area contributed by atoms with Crippen molar-refractivity contribution in [2.75, 3.05) is 0 Å². The van der Waals surface area contributed by atoms with E-state index in [-0.39, 0.29) is 20.4 Å². The normalized spacial score (nSPS) is 10.1. The number of hydrogen-bond acceptors (Lipinski definition) is 2. The van der Waals surface area contributed by atoms with Crippen LogP contribution in [0, 0.1) is 0 Å². The molecule has 2 aromatic heterocycles. The van der Waals surface area contributed by atoms with Crippen molar-refractivity contribution in [1.29, 1.82) is 0 Å². The molecule has 15 heavy (non-hydrogen) atoms. The molecule has 0 saturated heterocycles. The van der Waals surface area contributed by atoms with Gasteiger partial charge in [0, 0.05) is 43.6 Å². The van der Waals surface area contributed by atoms with E-state index in [1.165, 1.54) is 0 Å². The number of fused-ring (bicyclic) bond motifs is 3. The zero-order valence-electron chi connectivity index (χ0n) is 7.83. The maximum atomic E-state index is 4.35. The Labute approximate surface area is 101 Å². The van der Waals surface area contributed by atoms with Crippen molar-refractivity contribution >= 4 is 21.8 Å². The molecule has 0 aliphatic rings. The molecular weight excluding hydrogens is 279 g/mol. The molecule has 0 spiro atoms. The first-order valence-corrected chi connectivity index (χ1v) is 4.53. The van der Waals surface area contributed by atoms with Crippen LogP contribution in [0.3, 0.4) is 0 Å². The number of pyridine rings is 2. The van der Waals surface area contributed by atoms with Gasteiger partial charge in [0.05, 0.1) is 11.0 Å². The summed E-state index contributed by atoms with van der Waals surface area (Å²) in [6.07, 6.45) is 3.60. The fourth-order valence-corrected chi connectivity index (χ4v) is 1.68. The Bertz CT molecular complexity index is 553. The quantitative estimate of drug-likeness (QED) is 0.469. The smallest absolute Gasteiger partial charge is 0.0964 e. The second-order valence-electron chi connectivity index (χ2n) is 3.22. The van der Waals surface area contributed by atoms with Gasteiger partial charge in [0.15, 0.2) is 0 Å². The molecule has 0 N–H and O–H groups in total. The molecule has 76 valence electrons. The summed E-state index contributed by atoms with van der Waals surface area (Å²) >= 11 is 0. The van der Waals surface area contributed by atoms with Crippen molar-refractivity contribution in [3.8, 4) is 0 Å². The summed E-state index contributed by atoms with van der Waals surface area (Å²) in [5, 5.41) is 2.28. The number of aromatic nitrogens is 2. The summed E-state index contributed by atoms with van der Waals surface area (Å²) in [5.41, 5.74) is 1.95. The van der Waals surface area contributed by atoms with Crippen molar-refractivity contribution < 1.29 is 20.4 Å². The molecule has 3 heteroatoms. The van der Waals surface area contributed by atoms with E-state index in [1.54, 1.807) is 12.4 Å². The Balaban J connectivity index is 0.000000853. The summed E-state index contributed by atoms with van der Waals surface area (Å²) in [6.45, 7) is 0. The maximum Gasteiger partial charge on any atom is 0.0964 e. The minimum absolute atomic E-state index is 0. The van der Waals surface area contributed by atoms with Crippen LogP contribution in [0.1, 0.15) is 0 Å². The van der Waals surface area contributed by atoms with E-state index in [1.807, 2.05) is 12.1 Å². The first kappa shape index (κ1) is 10.2. The van der Waals surface area contributed by atoms with Crippen LogP contribution in [0.4, 0.5) is 0 Å². The molecule has 3 rings (SSSR count). The topological polar surface area (TPSA) is 25.8 Å². The summed E-state index contributed by atoms with van der Waals surface area (Å²) in [6, 6.07) is 12.1. The van der Waals surface area contributed by atoms with E-state index in [9.17, 15) is 0 Å². The van der Waals surface area contributed by atoms with Gasteiger partial charge in [0.25, 0.3) is 0 Å². The monoisotopic (exact) mass is 286 g/mol. The van der Waals surface area contributed by atoms with Crippen LogP contribution in [0.15, 0.2) is 48.8 Å². The zero-order valence-corrected chi connectivity index (χ0v) is 9.38. The molecular formula is C12H8N2Pd. The molecule has 0 fully saturated rings. The molecule has 0 amide bonds. The molecule has 0 bridgehead atoms. The van der Waals surface area contributed by atoms with Crippen molar-refractivity contribution in [3.05, 3.63) is 48.8 Å². The van der Waals surface area contributed by atoms with Crippen molar-refractivity contribution in [3.63, 3.8) is 0 Å². The SMILES string of the molecule is [Pd].c1cnc2c(c1)ccc1cccnc12. The van der Waals surface area contributed by atoms with Crippen LogP contribution in [-0.4, -0.2) is 9.97 Å². The standard InChI is InChI=1S/C12H8N2.Pd/c1-3-9-5-6-10-4-2-8-14-12(10)11(9)13-7-1;/h1-8H;. The minimum atomic E-state index is 0. The third-order valence-electron chi connectivity index (χ3n) is 2.34. The molecule has 0 unspecified atom stereocenters. The predicted octanol–water partition coefficient (Wildman–Crippen LogP) is 2.78. The van der Waals surface area contributed by atoms with Gasteiger partial charge in [0.2, 0.25) is 0 Å². The summed E-state index contributed by atoms with van der Waals surface area (Å²) in [7, 11) is 0. The van der Waals surface area contributed by atoms with Crippen molar-refractivity contribution in [2.24, 2.45) is 0 Å². The fourth-order valence-electron chi connectivity index (χ4n) is 1.68. The van der Waals surface area contributed by atoms with E-state index >= 15 is 0 Å². The van der Waals surface area contributed by atoms with Gasteiger partial charge < -0.3 is 0 Å². The second kappa shape index (κ2) is 4.06. The van der Waals surface area contributed by atoms with E-state index in [4.69, 9.17) is 0 Å². The number of hydrogen-bond donors (Lipinski definition) is 0. The van der Waals surface area contributed by atoms with Gasteiger partial charge in [0.1, 0.15) is 0 Å². The molecule has 2 nitrogen and oxygen atoms in total. The Morgan fingerprint density at radius 1 is 0.667 bits per heavy atom. The maximum absolute atomic E-state index is 4.35. The molecule has 1 aromatic carbocycles. The summed E-state index contributed by atoms with van der Waals surface area (Å²) in [5.74, 6) is 0. The largest absolute Gasteiger partial charge is 0.254 e. The van der Waals surface area contributed by atoms with Crippen molar-refractivity contribution in [1.82, 2.24) is 9.97 Å². The Morgan fingerprint density at radius 3 is 1.60 bits per heavy atom. The van der Waals surface area contributed by atoms with Crippen molar-refractivity contribution in [2.45, 2.75) is 0 Å². The Morgan fingerprint density at radius 2 is 1.13 bits per heavy atom. The average Bonchev–Trinajstić information content (AvgIpc) is 2.29. The Kier molecular flexibility index (Phi) is 2.77. The van der Waals surface area contributed by atoms with E-state index < -0.39 is 0 Å². The second-order valence-corrected chi connectivity index (χ2v) is 3.22. The van der Waals surface area contributed by atoms with Crippen LogP contribution in [-0.2, 0) is 20.4 Å². The summed E-state index contributed by atoms with van der Waals surface area (Å²) < 4.78 is 0. The van der Waals surface area contributed by atoms with Gasteiger partial charge >= 0.3 is 0 Å². The number of rotatable bonds is 0. The van der Waals surface area contributed by atoms with Crippen LogP contribution in [0.2, 0.25) is 0 Å². The molecule has 0 atom stereocenters. The van der Waals surface area contributed by atoms with Crippen LogP contribution in [0.5, 0.6) is 0 Å². The average molecular weight is 287 g/mol. The third kappa shape index (κ3) is 1.65. The first-order chi connectivity index (χ1) is 6.95. The van der Waals surface area contributed by atoms with Gasteiger partial charge in [-0.25, -0.2) is 0 Å². The summed E-state index contributed by atoms with van der Waals surface area (Å²) in [4.78, 5) is 8.69. The molecule has 2 heterocycles. The third-order valence-corrected chi connectivity index (χ3v) is 2.34. The minimum Gasteiger partial charge on any atom is -0.254 e. The Hall–Kier alpha value is -1.30. The molecule has 0 aliphatic heterocycles. The number of nitrogens with zero attached hydrogens (tertiary/aromatic N) is 2. The van der Waals surface area contributed by atoms with Crippen LogP contribution >= 0.6 is 0 Å².